The predicted molar refractivity (Wildman–Crippen MR) is 82.5 cm³/mol. The number of hydrogen-bond donors (Lipinski definition) is 1. The molecule has 3 nitrogen and oxygen atoms in total. The average molecular weight is 352 g/mol. The van der Waals surface area contributed by atoms with Crippen molar-refractivity contribution in [3.63, 3.8) is 0 Å². The number of para-hydroxylation sites is 1. The molecule has 1 N–H and O–H groups in total. The number of ether oxygens (including phenoxy) is 1. The van der Waals surface area contributed by atoms with Gasteiger partial charge in [-0.25, -0.2) is 4.39 Å². The van der Waals surface area contributed by atoms with Crippen LogP contribution in [0.15, 0.2) is 53.0 Å². The maximum Gasteiger partial charge on any atom is 0.261 e. The monoisotopic (exact) mass is 351 g/mol. The van der Waals surface area contributed by atoms with E-state index >= 15 is 0 Å². The quantitative estimate of drug-likeness (QED) is 0.892. The van der Waals surface area contributed by atoms with Gasteiger partial charge in [0.25, 0.3) is 5.91 Å². The normalized spacial score (nSPS) is 11.8. The van der Waals surface area contributed by atoms with Gasteiger partial charge in [0.05, 0.1) is 0 Å². The molecule has 0 saturated carbocycles. The smallest absolute Gasteiger partial charge is 0.261 e. The molecule has 0 aliphatic heterocycles. The Hall–Kier alpha value is -1.88. The lowest BCUT2D eigenvalue weighted by molar-refractivity contribution is -0.127. The van der Waals surface area contributed by atoms with Gasteiger partial charge < -0.3 is 10.1 Å². The molecule has 0 aliphatic rings. The molecule has 21 heavy (non-hydrogen) atoms. The van der Waals surface area contributed by atoms with Crippen molar-refractivity contribution in [1.82, 2.24) is 5.32 Å². The van der Waals surface area contributed by atoms with Crippen molar-refractivity contribution < 1.29 is 13.9 Å². The third-order valence-electron chi connectivity index (χ3n) is 2.81. The van der Waals surface area contributed by atoms with Crippen LogP contribution in [0.3, 0.4) is 0 Å². The van der Waals surface area contributed by atoms with Gasteiger partial charge >= 0.3 is 0 Å². The van der Waals surface area contributed by atoms with E-state index < -0.39 is 6.10 Å². The van der Waals surface area contributed by atoms with Gasteiger partial charge in [0.2, 0.25) is 0 Å². The SMILES string of the molecule is CC(Oc1ccccc1)C(=O)NCc1cc(F)cc(Br)c1. The number of hydrogen-bond acceptors (Lipinski definition) is 2. The highest BCUT2D eigenvalue weighted by Crippen LogP contribution is 2.15. The van der Waals surface area contributed by atoms with Crippen LogP contribution in [-0.4, -0.2) is 12.0 Å². The van der Waals surface area contributed by atoms with Crippen LogP contribution in [0.2, 0.25) is 0 Å². The lowest BCUT2D eigenvalue weighted by Gasteiger charge is -2.14. The van der Waals surface area contributed by atoms with Crippen molar-refractivity contribution in [3.05, 3.63) is 64.4 Å². The molecule has 110 valence electrons. The number of halogens is 2. The van der Waals surface area contributed by atoms with Crippen molar-refractivity contribution in [2.24, 2.45) is 0 Å². The lowest BCUT2D eigenvalue weighted by atomic mass is 10.2. The Bertz CT molecular complexity index is 599. The largest absolute Gasteiger partial charge is 0.481 e. The lowest BCUT2D eigenvalue weighted by Crippen LogP contribution is -2.35. The first-order chi connectivity index (χ1) is 10.0. The molecule has 1 amide bonds. The van der Waals surface area contributed by atoms with E-state index in [2.05, 4.69) is 21.2 Å². The average Bonchev–Trinajstić information content (AvgIpc) is 2.44. The van der Waals surface area contributed by atoms with Crippen LogP contribution in [0.25, 0.3) is 0 Å². The van der Waals surface area contributed by atoms with Gasteiger partial charge in [-0.05, 0) is 42.8 Å². The van der Waals surface area contributed by atoms with Crippen LogP contribution in [0, 0.1) is 5.82 Å². The van der Waals surface area contributed by atoms with Crippen LogP contribution in [0.4, 0.5) is 4.39 Å². The van der Waals surface area contributed by atoms with Crippen molar-refractivity contribution in [2.45, 2.75) is 19.6 Å². The topological polar surface area (TPSA) is 38.3 Å². The summed E-state index contributed by atoms with van der Waals surface area (Å²) in [7, 11) is 0. The fourth-order valence-electron chi connectivity index (χ4n) is 1.80. The van der Waals surface area contributed by atoms with E-state index in [9.17, 15) is 9.18 Å². The van der Waals surface area contributed by atoms with Gasteiger partial charge in [-0.1, -0.05) is 34.1 Å². The van der Waals surface area contributed by atoms with Crippen LogP contribution >= 0.6 is 15.9 Å². The number of rotatable bonds is 5. The van der Waals surface area contributed by atoms with Crippen molar-refractivity contribution >= 4 is 21.8 Å². The van der Waals surface area contributed by atoms with Crippen LogP contribution in [0.5, 0.6) is 5.75 Å². The molecule has 0 aliphatic carbocycles. The molecular weight excluding hydrogens is 337 g/mol. The Morgan fingerprint density at radius 3 is 2.67 bits per heavy atom. The van der Waals surface area contributed by atoms with Gasteiger partial charge in [0.15, 0.2) is 6.10 Å². The first-order valence-electron chi connectivity index (χ1n) is 6.49. The molecule has 0 saturated heterocycles. The Labute approximate surface area is 131 Å². The third-order valence-corrected chi connectivity index (χ3v) is 3.27. The number of amides is 1. The zero-order chi connectivity index (χ0) is 15.2. The molecule has 2 aromatic carbocycles. The van der Waals surface area contributed by atoms with Crippen LogP contribution < -0.4 is 10.1 Å². The van der Waals surface area contributed by atoms with E-state index in [1.54, 1.807) is 25.1 Å². The molecule has 2 rings (SSSR count). The fourth-order valence-corrected chi connectivity index (χ4v) is 2.32. The summed E-state index contributed by atoms with van der Waals surface area (Å²) >= 11 is 3.22. The Morgan fingerprint density at radius 2 is 2.00 bits per heavy atom. The van der Waals surface area contributed by atoms with E-state index in [0.717, 1.165) is 0 Å². The minimum absolute atomic E-state index is 0.248. The minimum Gasteiger partial charge on any atom is -0.481 e. The second kappa shape index (κ2) is 7.22. The van der Waals surface area contributed by atoms with Gasteiger partial charge in [-0.2, -0.15) is 0 Å². The van der Waals surface area contributed by atoms with Crippen LogP contribution in [0.1, 0.15) is 12.5 Å². The summed E-state index contributed by atoms with van der Waals surface area (Å²) in [4.78, 5) is 11.9. The first-order valence-corrected chi connectivity index (χ1v) is 7.28. The molecule has 2 aromatic rings. The van der Waals surface area contributed by atoms with E-state index in [4.69, 9.17) is 4.74 Å². The molecule has 0 spiro atoms. The molecule has 0 fully saturated rings. The first kappa shape index (κ1) is 15.5. The minimum atomic E-state index is -0.621. The van der Waals surface area contributed by atoms with E-state index in [1.807, 2.05) is 18.2 Å². The molecule has 0 heterocycles. The van der Waals surface area contributed by atoms with Gasteiger partial charge in [0.1, 0.15) is 11.6 Å². The van der Waals surface area contributed by atoms with E-state index in [1.165, 1.54) is 12.1 Å². The number of carbonyl (C=O) groups is 1. The molecule has 0 bridgehead atoms. The maximum absolute atomic E-state index is 13.2. The zero-order valence-corrected chi connectivity index (χ0v) is 13.1. The van der Waals surface area contributed by atoms with Gasteiger partial charge in [0, 0.05) is 11.0 Å². The maximum atomic E-state index is 13.2. The van der Waals surface area contributed by atoms with Gasteiger partial charge in [-0.3, -0.25) is 4.79 Å². The Morgan fingerprint density at radius 1 is 1.29 bits per heavy atom. The summed E-state index contributed by atoms with van der Waals surface area (Å²) in [5, 5.41) is 2.72. The number of carbonyl (C=O) groups excluding carboxylic acids is 1. The summed E-state index contributed by atoms with van der Waals surface area (Å²) in [6.45, 7) is 1.92. The fraction of sp³-hybridized carbons (Fsp3) is 0.188. The van der Waals surface area contributed by atoms with Crippen LogP contribution in [-0.2, 0) is 11.3 Å². The highest BCUT2D eigenvalue weighted by Gasteiger charge is 2.14. The Balaban J connectivity index is 1.89. The zero-order valence-electron chi connectivity index (χ0n) is 11.5. The highest BCUT2D eigenvalue weighted by atomic mass is 79.9. The Kier molecular flexibility index (Phi) is 5.33. The van der Waals surface area contributed by atoms with Crippen molar-refractivity contribution in [3.8, 4) is 5.75 Å². The summed E-state index contributed by atoms with van der Waals surface area (Å²) in [6, 6.07) is 13.6. The summed E-state index contributed by atoms with van der Waals surface area (Å²) in [5.74, 6) is 0.0371. The van der Waals surface area contributed by atoms with E-state index in [-0.39, 0.29) is 18.3 Å². The molecule has 1 unspecified atom stereocenters. The number of benzene rings is 2. The second-order valence-electron chi connectivity index (χ2n) is 4.57. The molecular formula is C16H15BrFNO2. The molecule has 1 atom stereocenters. The summed E-state index contributed by atoms with van der Waals surface area (Å²) in [5.41, 5.74) is 0.683. The molecule has 0 aromatic heterocycles. The second-order valence-corrected chi connectivity index (χ2v) is 5.48. The summed E-state index contributed by atoms with van der Waals surface area (Å²) < 4.78 is 19.4. The molecule has 0 radical (unpaired) electrons. The molecule has 5 heteroatoms. The highest BCUT2D eigenvalue weighted by molar-refractivity contribution is 9.10. The third kappa shape index (κ3) is 4.86. The van der Waals surface area contributed by atoms with E-state index in [0.29, 0.717) is 15.8 Å². The number of nitrogens with one attached hydrogen (secondary N) is 1. The summed E-state index contributed by atoms with van der Waals surface area (Å²) in [6.07, 6.45) is -0.621. The van der Waals surface area contributed by atoms with Crippen molar-refractivity contribution in [2.75, 3.05) is 0 Å². The van der Waals surface area contributed by atoms with Gasteiger partial charge in [-0.15, -0.1) is 0 Å². The standard InChI is InChI=1S/C16H15BrFNO2/c1-11(21-15-5-3-2-4-6-15)16(20)19-10-12-7-13(17)9-14(18)8-12/h2-9,11H,10H2,1H3,(H,19,20). The predicted octanol–water partition coefficient (Wildman–Crippen LogP) is 3.67. The van der Waals surface area contributed by atoms with Crippen molar-refractivity contribution in [1.29, 1.82) is 0 Å².